The minimum absolute atomic E-state index is 0.0433. The maximum atomic E-state index is 5.97. The number of nitrogen functional groups attached to an aromatic ring is 1. The molecule has 2 aromatic rings. The van der Waals surface area contributed by atoms with E-state index >= 15 is 0 Å². The van der Waals surface area contributed by atoms with E-state index in [1.54, 1.807) is 0 Å². The van der Waals surface area contributed by atoms with Crippen LogP contribution >= 0.6 is 0 Å². The number of anilines is 1. The van der Waals surface area contributed by atoms with Crippen LogP contribution in [-0.2, 0) is 5.41 Å². The van der Waals surface area contributed by atoms with Crippen molar-refractivity contribution in [1.29, 1.82) is 0 Å². The van der Waals surface area contributed by atoms with Crippen LogP contribution < -0.4 is 5.73 Å². The first kappa shape index (κ1) is 14.5. The molecule has 0 bridgehead atoms. The molecule has 1 aromatic carbocycles. The van der Waals surface area contributed by atoms with Gasteiger partial charge in [0, 0.05) is 17.0 Å². The van der Waals surface area contributed by atoms with Gasteiger partial charge in [-0.05, 0) is 31.9 Å². The lowest BCUT2D eigenvalue weighted by Crippen LogP contribution is -2.15. The second-order valence-corrected chi connectivity index (χ2v) is 6.53. The summed E-state index contributed by atoms with van der Waals surface area (Å²) < 4.78 is 0. The first-order chi connectivity index (χ1) is 9.18. The van der Waals surface area contributed by atoms with Crippen molar-refractivity contribution in [2.24, 2.45) is 0 Å². The van der Waals surface area contributed by atoms with Crippen LogP contribution in [0, 0.1) is 20.8 Å². The van der Waals surface area contributed by atoms with Gasteiger partial charge in [0.15, 0.2) is 5.82 Å². The van der Waals surface area contributed by atoms with Crippen molar-refractivity contribution in [2.45, 2.75) is 47.0 Å². The summed E-state index contributed by atoms with van der Waals surface area (Å²) in [5.41, 5.74) is 11.6. The van der Waals surface area contributed by atoms with E-state index in [0.29, 0.717) is 5.82 Å². The van der Waals surface area contributed by atoms with Crippen molar-refractivity contribution < 1.29 is 0 Å². The van der Waals surface area contributed by atoms with Crippen LogP contribution in [0.15, 0.2) is 18.2 Å². The third-order valence-corrected chi connectivity index (χ3v) is 3.42. The molecule has 0 atom stereocenters. The number of hydrogen-bond acceptors (Lipinski definition) is 3. The second kappa shape index (κ2) is 4.89. The second-order valence-electron chi connectivity index (χ2n) is 6.53. The first-order valence-electron chi connectivity index (χ1n) is 6.92. The van der Waals surface area contributed by atoms with Gasteiger partial charge >= 0.3 is 0 Å². The number of benzene rings is 1. The molecular weight excluding hydrogens is 246 g/mol. The summed E-state index contributed by atoms with van der Waals surface area (Å²) in [5, 5.41) is 0. The highest BCUT2D eigenvalue weighted by atomic mass is 15.0. The average molecular weight is 269 g/mol. The Morgan fingerprint density at radius 1 is 0.900 bits per heavy atom. The lowest BCUT2D eigenvalue weighted by molar-refractivity contribution is 0.568. The van der Waals surface area contributed by atoms with Crippen LogP contribution in [0.5, 0.6) is 0 Å². The molecule has 0 saturated carbocycles. The molecule has 3 nitrogen and oxygen atoms in total. The third-order valence-electron chi connectivity index (χ3n) is 3.42. The molecule has 20 heavy (non-hydrogen) atoms. The summed E-state index contributed by atoms with van der Waals surface area (Å²) in [5.74, 6) is 1.25. The minimum atomic E-state index is -0.0433. The van der Waals surface area contributed by atoms with Crippen molar-refractivity contribution >= 4 is 5.82 Å². The monoisotopic (exact) mass is 269 g/mol. The van der Waals surface area contributed by atoms with Crippen LogP contribution in [0.2, 0.25) is 0 Å². The van der Waals surface area contributed by atoms with Crippen molar-refractivity contribution in [1.82, 2.24) is 9.97 Å². The van der Waals surface area contributed by atoms with Gasteiger partial charge in [0.2, 0.25) is 0 Å². The van der Waals surface area contributed by atoms with Gasteiger partial charge in [0.05, 0.1) is 5.69 Å². The van der Waals surface area contributed by atoms with Gasteiger partial charge in [-0.3, -0.25) is 0 Å². The highest BCUT2D eigenvalue weighted by molar-refractivity contribution is 5.66. The van der Waals surface area contributed by atoms with Gasteiger partial charge < -0.3 is 5.73 Å². The summed E-state index contributed by atoms with van der Waals surface area (Å²) in [6.45, 7) is 12.7. The van der Waals surface area contributed by atoms with Gasteiger partial charge in [-0.2, -0.15) is 0 Å². The molecule has 0 fully saturated rings. The van der Waals surface area contributed by atoms with E-state index in [0.717, 1.165) is 17.1 Å². The Morgan fingerprint density at radius 2 is 1.45 bits per heavy atom. The Kier molecular flexibility index (Phi) is 3.55. The first-order valence-corrected chi connectivity index (χ1v) is 6.92. The van der Waals surface area contributed by atoms with E-state index in [-0.39, 0.29) is 5.41 Å². The van der Waals surface area contributed by atoms with Crippen molar-refractivity contribution in [2.75, 3.05) is 5.73 Å². The Hall–Kier alpha value is -1.90. The summed E-state index contributed by atoms with van der Waals surface area (Å²) in [7, 11) is 0. The lowest BCUT2D eigenvalue weighted by atomic mass is 9.91. The molecule has 3 heteroatoms. The molecule has 2 N–H and O–H groups in total. The van der Waals surface area contributed by atoms with Gasteiger partial charge in [-0.25, -0.2) is 9.97 Å². The molecule has 106 valence electrons. The maximum Gasteiger partial charge on any atom is 0.162 e. The molecule has 0 aliphatic rings. The molecule has 0 unspecified atom stereocenters. The molecular formula is C17H23N3. The fourth-order valence-corrected chi connectivity index (χ4v) is 2.49. The smallest absolute Gasteiger partial charge is 0.162 e. The highest BCUT2D eigenvalue weighted by Crippen LogP contribution is 2.29. The molecule has 1 heterocycles. The standard InChI is InChI=1S/C17H23N3/c1-10-7-11(2)15(12(3)8-10)16-19-13(17(4,5)6)9-14(18)20-16/h7-9H,1-6H3,(H2,18,19,20). The molecule has 0 aliphatic heterocycles. The van der Waals surface area contributed by atoms with E-state index in [1.807, 2.05) is 6.07 Å². The van der Waals surface area contributed by atoms with Crippen LogP contribution in [0.25, 0.3) is 11.4 Å². The Morgan fingerprint density at radius 3 is 1.95 bits per heavy atom. The number of nitrogens with two attached hydrogens (primary N) is 1. The molecule has 0 spiro atoms. The predicted molar refractivity (Wildman–Crippen MR) is 84.8 cm³/mol. The van der Waals surface area contributed by atoms with Crippen LogP contribution in [-0.4, -0.2) is 9.97 Å². The molecule has 0 saturated heterocycles. The van der Waals surface area contributed by atoms with Crippen LogP contribution in [0.3, 0.4) is 0 Å². The molecule has 0 amide bonds. The quantitative estimate of drug-likeness (QED) is 0.852. The summed E-state index contributed by atoms with van der Waals surface area (Å²) >= 11 is 0. The Labute approximate surface area is 121 Å². The SMILES string of the molecule is Cc1cc(C)c(-c2nc(N)cc(C(C)(C)C)n2)c(C)c1. The van der Waals surface area contributed by atoms with E-state index < -0.39 is 0 Å². The van der Waals surface area contributed by atoms with E-state index in [4.69, 9.17) is 10.7 Å². The largest absolute Gasteiger partial charge is 0.384 e. The van der Waals surface area contributed by atoms with Crippen LogP contribution in [0.1, 0.15) is 43.2 Å². The molecule has 1 aromatic heterocycles. The predicted octanol–water partition coefficient (Wildman–Crippen LogP) is 3.95. The maximum absolute atomic E-state index is 5.97. The molecule has 0 radical (unpaired) electrons. The third kappa shape index (κ3) is 2.82. The van der Waals surface area contributed by atoms with Crippen molar-refractivity contribution in [3.63, 3.8) is 0 Å². The van der Waals surface area contributed by atoms with Gasteiger partial charge in [0.1, 0.15) is 5.82 Å². The zero-order valence-electron chi connectivity index (χ0n) is 13.2. The number of aryl methyl sites for hydroxylation is 3. The number of hydrogen-bond donors (Lipinski definition) is 1. The fraction of sp³-hybridized carbons (Fsp3) is 0.412. The zero-order chi connectivity index (χ0) is 15.1. The number of aromatic nitrogens is 2. The zero-order valence-corrected chi connectivity index (χ0v) is 13.2. The normalized spacial score (nSPS) is 11.7. The topological polar surface area (TPSA) is 51.8 Å². The van der Waals surface area contributed by atoms with E-state index in [9.17, 15) is 0 Å². The van der Waals surface area contributed by atoms with E-state index in [1.165, 1.54) is 16.7 Å². The van der Waals surface area contributed by atoms with Gasteiger partial charge in [0.25, 0.3) is 0 Å². The summed E-state index contributed by atoms with van der Waals surface area (Å²) in [6.07, 6.45) is 0. The van der Waals surface area contributed by atoms with E-state index in [2.05, 4.69) is 58.7 Å². The summed E-state index contributed by atoms with van der Waals surface area (Å²) in [6, 6.07) is 6.18. The highest BCUT2D eigenvalue weighted by Gasteiger charge is 2.19. The Balaban J connectivity index is 2.68. The Bertz CT molecular complexity index is 629. The fourth-order valence-electron chi connectivity index (χ4n) is 2.49. The number of nitrogens with zero attached hydrogens (tertiary/aromatic N) is 2. The number of rotatable bonds is 1. The minimum Gasteiger partial charge on any atom is -0.384 e. The molecule has 0 aliphatic carbocycles. The van der Waals surface area contributed by atoms with Gasteiger partial charge in [-0.1, -0.05) is 38.5 Å². The van der Waals surface area contributed by atoms with Crippen molar-refractivity contribution in [3.05, 3.63) is 40.6 Å². The van der Waals surface area contributed by atoms with Crippen LogP contribution in [0.4, 0.5) is 5.82 Å². The van der Waals surface area contributed by atoms with Gasteiger partial charge in [-0.15, -0.1) is 0 Å². The average Bonchev–Trinajstić information content (AvgIpc) is 2.25. The molecule has 2 rings (SSSR count). The van der Waals surface area contributed by atoms with Crippen molar-refractivity contribution in [3.8, 4) is 11.4 Å². The lowest BCUT2D eigenvalue weighted by Gasteiger charge is -2.19. The summed E-state index contributed by atoms with van der Waals surface area (Å²) in [4.78, 5) is 9.17.